The number of rotatable bonds is 8. The highest BCUT2D eigenvalue weighted by Gasteiger charge is 2.15. The summed E-state index contributed by atoms with van der Waals surface area (Å²) >= 11 is 6.13. The van der Waals surface area contributed by atoms with Crippen molar-refractivity contribution in [3.63, 3.8) is 0 Å². The third-order valence-electron chi connectivity index (χ3n) is 2.91. The van der Waals surface area contributed by atoms with Crippen molar-refractivity contribution in [1.82, 2.24) is 0 Å². The Bertz CT molecular complexity index is 478. The van der Waals surface area contributed by atoms with Gasteiger partial charge in [0.2, 0.25) is 0 Å². The topological polar surface area (TPSA) is 73.6 Å². The van der Waals surface area contributed by atoms with Crippen LogP contribution in [0.25, 0.3) is 0 Å². The van der Waals surface area contributed by atoms with Gasteiger partial charge in [-0.1, -0.05) is 25.4 Å². The summed E-state index contributed by atoms with van der Waals surface area (Å²) in [6.45, 7) is 6.11. The summed E-state index contributed by atoms with van der Waals surface area (Å²) in [5.41, 5.74) is 6.96. The minimum Gasteiger partial charge on any atom is -0.465 e. The molecule has 5 nitrogen and oxygen atoms in total. The molecular weight excluding hydrogens is 292 g/mol. The van der Waals surface area contributed by atoms with E-state index in [1.807, 2.05) is 0 Å². The molecule has 0 aliphatic heterocycles. The number of anilines is 2. The number of nitrogens with one attached hydrogen (secondary N) is 1. The number of halogens is 1. The zero-order chi connectivity index (χ0) is 15.8. The van der Waals surface area contributed by atoms with Gasteiger partial charge >= 0.3 is 5.97 Å². The Labute approximate surface area is 130 Å². The predicted octanol–water partition coefficient (Wildman–Crippen LogP) is 3.18. The second-order valence-corrected chi connectivity index (χ2v) is 5.55. The Balaban J connectivity index is 2.59. The van der Waals surface area contributed by atoms with E-state index in [4.69, 9.17) is 26.8 Å². The molecule has 3 N–H and O–H groups in total. The van der Waals surface area contributed by atoms with E-state index in [-0.39, 0.29) is 0 Å². The molecule has 0 atom stereocenters. The average Bonchev–Trinajstić information content (AvgIpc) is 2.42. The van der Waals surface area contributed by atoms with Gasteiger partial charge in [-0.25, -0.2) is 4.79 Å². The third kappa shape index (κ3) is 5.81. The minimum absolute atomic E-state index is 0.324. The lowest BCUT2D eigenvalue weighted by Gasteiger charge is -2.14. The number of carbonyl (C=O) groups is 1. The first-order valence-electron chi connectivity index (χ1n) is 6.94. The molecule has 0 aromatic heterocycles. The number of benzene rings is 1. The molecule has 1 aromatic carbocycles. The first-order chi connectivity index (χ1) is 9.95. The zero-order valence-corrected chi connectivity index (χ0v) is 13.5. The highest BCUT2D eigenvalue weighted by atomic mass is 35.5. The fraction of sp³-hybridized carbons (Fsp3) is 0.533. The molecule has 0 aliphatic carbocycles. The molecule has 0 saturated carbocycles. The number of nitrogens with two attached hydrogens (primary N) is 1. The lowest BCUT2D eigenvalue weighted by Crippen LogP contribution is -2.14. The van der Waals surface area contributed by atoms with Crippen LogP contribution in [-0.2, 0) is 9.47 Å². The number of esters is 1. The Kier molecular flexibility index (Phi) is 7.32. The van der Waals surface area contributed by atoms with Crippen LogP contribution in [0.5, 0.6) is 0 Å². The average molecular weight is 315 g/mol. The van der Waals surface area contributed by atoms with Gasteiger partial charge in [-0.05, 0) is 24.5 Å². The van der Waals surface area contributed by atoms with Gasteiger partial charge in [0.25, 0.3) is 0 Å². The molecule has 0 saturated heterocycles. The molecule has 0 heterocycles. The lowest BCUT2D eigenvalue weighted by molar-refractivity contribution is 0.0601. The predicted molar refractivity (Wildman–Crippen MR) is 86.0 cm³/mol. The SMILES string of the molecule is COC(=O)c1cc(N)cc(Cl)c1NCCOCCC(C)C. The summed E-state index contributed by atoms with van der Waals surface area (Å²) in [6.07, 6.45) is 1.02. The lowest BCUT2D eigenvalue weighted by atomic mass is 10.1. The quantitative estimate of drug-likeness (QED) is 0.438. The van der Waals surface area contributed by atoms with E-state index in [0.29, 0.717) is 41.0 Å². The van der Waals surface area contributed by atoms with Crippen LogP contribution in [0.15, 0.2) is 12.1 Å². The van der Waals surface area contributed by atoms with Gasteiger partial charge in [0.05, 0.1) is 30.0 Å². The van der Waals surface area contributed by atoms with Crippen LogP contribution < -0.4 is 11.1 Å². The number of hydrogen-bond donors (Lipinski definition) is 2. The molecule has 1 aromatic rings. The van der Waals surface area contributed by atoms with Crippen molar-refractivity contribution in [3.05, 3.63) is 22.7 Å². The van der Waals surface area contributed by atoms with Crippen molar-refractivity contribution in [2.24, 2.45) is 5.92 Å². The van der Waals surface area contributed by atoms with Crippen molar-refractivity contribution in [1.29, 1.82) is 0 Å². The number of nitrogen functional groups attached to an aromatic ring is 1. The molecule has 118 valence electrons. The summed E-state index contributed by atoms with van der Waals surface area (Å²) < 4.78 is 10.2. The molecule has 0 spiro atoms. The Morgan fingerprint density at radius 2 is 2.10 bits per heavy atom. The van der Waals surface area contributed by atoms with Crippen LogP contribution in [0.4, 0.5) is 11.4 Å². The Morgan fingerprint density at radius 1 is 1.38 bits per heavy atom. The summed E-state index contributed by atoms with van der Waals surface area (Å²) in [6, 6.07) is 3.13. The van der Waals surface area contributed by atoms with Crippen molar-refractivity contribution in [2.45, 2.75) is 20.3 Å². The maximum absolute atomic E-state index is 11.7. The normalized spacial score (nSPS) is 10.7. The van der Waals surface area contributed by atoms with Crippen molar-refractivity contribution in [3.8, 4) is 0 Å². The highest BCUT2D eigenvalue weighted by Crippen LogP contribution is 2.29. The summed E-state index contributed by atoms with van der Waals surface area (Å²) in [5, 5.41) is 3.49. The molecule has 0 bridgehead atoms. The zero-order valence-electron chi connectivity index (χ0n) is 12.7. The van der Waals surface area contributed by atoms with Gasteiger partial charge in [-0.15, -0.1) is 0 Å². The van der Waals surface area contributed by atoms with Crippen LogP contribution in [-0.4, -0.2) is 32.8 Å². The molecule has 0 amide bonds. The summed E-state index contributed by atoms with van der Waals surface area (Å²) in [4.78, 5) is 11.7. The van der Waals surface area contributed by atoms with Gasteiger partial charge in [-0.3, -0.25) is 0 Å². The molecule has 21 heavy (non-hydrogen) atoms. The van der Waals surface area contributed by atoms with E-state index in [1.54, 1.807) is 12.1 Å². The van der Waals surface area contributed by atoms with Crippen LogP contribution >= 0.6 is 11.6 Å². The number of ether oxygens (including phenoxy) is 2. The van der Waals surface area contributed by atoms with E-state index in [1.165, 1.54) is 7.11 Å². The fourth-order valence-electron chi connectivity index (χ4n) is 1.75. The molecule has 0 unspecified atom stereocenters. The third-order valence-corrected chi connectivity index (χ3v) is 3.20. The van der Waals surface area contributed by atoms with Crippen LogP contribution in [0.3, 0.4) is 0 Å². The minimum atomic E-state index is -0.479. The van der Waals surface area contributed by atoms with Gasteiger partial charge in [0, 0.05) is 18.8 Å². The van der Waals surface area contributed by atoms with Gasteiger partial charge in [0.15, 0.2) is 0 Å². The van der Waals surface area contributed by atoms with Crippen molar-refractivity contribution >= 4 is 28.9 Å². The van der Waals surface area contributed by atoms with E-state index in [9.17, 15) is 4.79 Å². The van der Waals surface area contributed by atoms with E-state index in [2.05, 4.69) is 19.2 Å². The number of carbonyl (C=O) groups excluding carboxylic acids is 1. The number of methoxy groups -OCH3 is 1. The highest BCUT2D eigenvalue weighted by molar-refractivity contribution is 6.34. The molecule has 0 radical (unpaired) electrons. The van der Waals surface area contributed by atoms with Crippen LogP contribution in [0.2, 0.25) is 5.02 Å². The molecule has 0 fully saturated rings. The Morgan fingerprint density at radius 3 is 2.71 bits per heavy atom. The second kappa shape index (κ2) is 8.74. The van der Waals surface area contributed by atoms with Gasteiger partial charge in [0.1, 0.15) is 0 Å². The first-order valence-corrected chi connectivity index (χ1v) is 7.32. The summed E-state index contributed by atoms with van der Waals surface area (Å²) in [5.74, 6) is 0.142. The van der Waals surface area contributed by atoms with Crippen molar-refractivity contribution in [2.75, 3.05) is 37.9 Å². The van der Waals surface area contributed by atoms with Gasteiger partial charge < -0.3 is 20.5 Å². The van der Waals surface area contributed by atoms with E-state index in [0.717, 1.165) is 13.0 Å². The maximum Gasteiger partial charge on any atom is 0.340 e. The van der Waals surface area contributed by atoms with Crippen molar-refractivity contribution < 1.29 is 14.3 Å². The molecule has 0 aliphatic rings. The monoisotopic (exact) mass is 314 g/mol. The molecule has 1 rings (SSSR count). The molecule has 6 heteroatoms. The van der Waals surface area contributed by atoms with E-state index >= 15 is 0 Å². The maximum atomic E-state index is 11.7. The summed E-state index contributed by atoms with van der Waals surface area (Å²) in [7, 11) is 1.32. The first kappa shape index (κ1) is 17.6. The van der Waals surface area contributed by atoms with Crippen LogP contribution in [0.1, 0.15) is 30.6 Å². The van der Waals surface area contributed by atoms with Gasteiger partial charge in [-0.2, -0.15) is 0 Å². The second-order valence-electron chi connectivity index (χ2n) is 5.14. The Hall–Kier alpha value is -1.46. The van der Waals surface area contributed by atoms with E-state index < -0.39 is 5.97 Å². The van der Waals surface area contributed by atoms with Crippen LogP contribution in [0, 0.1) is 5.92 Å². The number of hydrogen-bond acceptors (Lipinski definition) is 5. The largest absolute Gasteiger partial charge is 0.465 e. The molecular formula is C15H23ClN2O3. The standard InChI is InChI=1S/C15H23ClN2O3/c1-10(2)4-6-21-7-5-18-14-12(15(19)20-3)8-11(17)9-13(14)16/h8-10,18H,4-7,17H2,1-3H3. The fourth-order valence-corrected chi connectivity index (χ4v) is 2.04. The smallest absolute Gasteiger partial charge is 0.340 e.